The fourth-order valence-electron chi connectivity index (χ4n) is 4.05. The van der Waals surface area contributed by atoms with Crippen molar-refractivity contribution in [3.05, 3.63) is 41.5 Å². The molecule has 2 aliphatic heterocycles. The molecule has 1 saturated heterocycles. The number of fused-ring (bicyclic) bond motifs is 1. The molecule has 0 bridgehead atoms. The number of rotatable bonds is 4. The molecule has 0 aliphatic carbocycles. The highest BCUT2D eigenvalue weighted by molar-refractivity contribution is 5.13. The fraction of sp³-hybridized carbons (Fsp3) is 0.611. The number of hydrogen-bond acceptors (Lipinski definition) is 6. The van der Waals surface area contributed by atoms with Crippen molar-refractivity contribution < 1.29 is 9.50 Å². The van der Waals surface area contributed by atoms with Gasteiger partial charge in [0.25, 0.3) is 0 Å². The number of aliphatic hydroxyl groups excluding tert-OH is 1. The Morgan fingerprint density at radius 1 is 1.31 bits per heavy atom. The molecule has 8 heteroatoms. The Labute approximate surface area is 152 Å². The van der Waals surface area contributed by atoms with Crippen LogP contribution in [0.5, 0.6) is 0 Å². The summed E-state index contributed by atoms with van der Waals surface area (Å²) in [4.78, 5) is 8.27. The number of aliphatic hydroxyl groups is 1. The number of β-amino-alcohol motifs (C(OH)–C–C–N with tert-alkyl or cyclic N) is 1. The van der Waals surface area contributed by atoms with Gasteiger partial charge in [0.2, 0.25) is 0 Å². The van der Waals surface area contributed by atoms with Crippen LogP contribution >= 0.6 is 0 Å². The molecular weight excluding hydrogens is 335 g/mol. The lowest BCUT2D eigenvalue weighted by Crippen LogP contribution is -2.36. The highest BCUT2D eigenvalue weighted by atomic mass is 19.1. The molecule has 2 aromatic rings. The van der Waals surface area contributed by atoms with Gasteiger partial charge >= 0.3 is 0 Å². The zero-order valence-corrected chi connectivity index (χ0v) is 15.2. The lowest BCUT2D eigenvalue weighted by atomic mass is 10.1. The van der Waals surface area contributed by atoms with E-state index in [1.54, 1.807) is 12.3 Å². The maximum Gasteiger partial charge on any atom is 0.150 e. The predicted octanol–water partition coefficient (Wildman–Crippen LogP) is 1.34. The maximum absolute atomic E-state index is 13.9. The van der Waals surface area contributed by atoms with Gasteiger partial charge in [-0.3, -0.25) is 14.8 Å². The van der Waals surface area contributed by atoms with E-state index in [1.807, 2.05) is 0 Å². The smallest absolute Gasteiger partial charge is 0.150 e. The molecule has 4 rings (SSSR count). The van der Waals surface area contributed by atoms with Gasteiger partial charge in [0.15, 0.2) is 5.82 Å². The summed E-state index contributed by atoms with van der Waals surface area (Å²) in [5.74, 6) is 1.58. The third-order valence-corrected chi connectivity index (χ3v) is 5.39. The van der Waals surface area contributed by atoms with E-state index in [9.17, 15) is 9.50 Å². The first kappa shape index (κ1) is 17.5. The molecule has 1 N–H and O–H groups in total. The minimum atomic E-state index is -0.315. The van der Waals surface area contributed by atoms with Crippen LogP contribution in [0.3, 0.4) is 0 Å². The van der Waals surface area contributed by atoms with E-state index in [2.05, 4.69) is 43.4 Å². The van der Waals surface area contributed by atoms with E-state index < -0.39 is 0 Å². The van der Waals surface area contributed by atoms with Gasteiger partial charge in [-0.2, -0.15) is 0 Å². The van der Waals surface area contributed by atoms with Crippen molar-refractivity contribution in [2.24, 2.45) is 0 Å². The molecule has 140 valence electrons. The van der Waals surface area contributed by atoms with Gasteiger partial charge in [-0.1, -0.05) is 0 Å². The molecule has 0 unspecified atom stereocenters. The maximum atomic E-state index is 13.9. The van der Waals surface area contributed by atoms with Crippen molar-refractivity contribution in [1.29, 1.82) is 0 Å². The van der Waals surface area contributed by atoms with Gasteiger partial charge in [0, 0.05) is 44.0 Å². The standard InChI is InChI=1S/C18H25FN6O/c1-12(2)25-10-14(26)7-16(25)18-22-21-17-11-23(5-6-24(17)18)9-13-3-4-20-8-15(13)19/h3-4,8,12,14,16,26H,5-7,9-11H2,1-2H3/t14-,16-/m0/s1. The molecule has 0 spiro atoms. The number of nitrogens with zero attached hydrogens (tertiary/aromatic N) is 6. The Hall–Kier alpha value is -1.90. The van der Waals surface area contributed by atoms with Crippen LogP contribution in [0.25, 0.3) is 0 Å². The van der Waals surface area contributed by atoms with Crippen LogP contribution in [0.2, 0.25) is 0 Å². The number of pyridine rings is 1. The average Bonchev–Trinajstić information content (AvgIpc) is 3.20. The molecular formula is C18H25FN6O. The van der Waals surface area contributed by atoms with Crippen molar-refractivity contribution in [3.63, 3.8) is 0 Å². The Kier molecular flexibility index (Phi) is 4.73. The van der Waals surface area contributed by atoms with Crippen molar-refractivity contribution in [2.45, 2.75) is 58.1 Å². The van der Waals surface area contributed by atoms with Gasteiger partial charge in [0.05, 0.1) is 24.9 Å². The highest BCUT2D eigenvalue weighted by Crippen LogP contribution is 2.33. The van der Waals surface area contributed by atoms with Crippen LogP contribution in [0.15, 0.2) is 18.5 Å². The number of hydrogen-bond donors (Lipinski definition) is 1. The summed E-state index contributed by atoms with van der Waals surface area (Å²) < 4.78 is 16.0. The molecule has 0 saturated carbocycles. The van der Waals surface area contributed by atoms with E-state index >= 15 is 0 Å². The Balaban J connectivity index is 1.51. The SMILES string of the molecule is CC(C)N1C[C@@H](O)C[C@H]1c1nnc2n1CCN(Cc1ccncc1F)C2. The summed E-state index contributed by atoms with van der Waals surface area (Å²) in [5, 5.41) is 19.0. The lowest BCUT2D eigenvalue weighted by Gasteiger charge is -2.31. The molecule has 7 nitrogen and oxygen atoms in total. The van der Waals surface area contributed by atoms with E-state index in [0.29, 0.717) is 37.7 Å². The van der Waals surface area contributed by atoms with Gasteiger partial charge in [-0.15, -0.1) is 10.2 Å². The van der Waals surface area contributed by atoms with E-state index in [1.165, 1.54) is 6.20 Å². The number of aromatic nitrogens is 4. The van der Waals surface area contributed by atoms with Crippen molar-refractivity contribution in [2.75, 3.05) is 13.1 Å². The Morgan fingerprint density at radius 2 is 2.15 bits per heavy atom. The largest absolute Gasteiger partial charge is 0.392 e. The first-order valence-corrected chi connectivity index (χ1v) is 9.19. The Bertz CT molecular complexity index is 779. The van der Waals surface area contributed by atoms with Crippen LogP contribution < -0.4 is 0 Å². The highest BCUT2D eigenvalue weighted by Gasteiger charge is 2.37. The molecule has 2 aromatic heterocycles. The zero-order valence-electron chi connectivity index (χ0n) is 15.2. The zero-order chi connectivity index (χ0) is 18.3. The molecule has 0 radical (unpaired) electrons. The summed E-state index contributed by atoms with van der Waals surface area (Å²) in [6, 6.07) is 2.18. The second-order valence-corrected chi connectivity index (χ2v) is 7.50. The number of likely N-dealkylation sites (tertiary alicyclic amines) is 1. The van der Waals surface area contributed by atoms with Crippen LogP contribution in [0.1, 0.15) is 43.5 Å². The van der Waals surface area contributed by atoms with E-state index in [0.717, 1.165) is 24.7 Å². The predicted molar refractivity (Wildman–Crippen MR) is 93.5 cm³/mol. The summed E-state index contributed by atoms with van der Waals surface area (Å²) >= 11 is 0. The first-order valence-electron chi connectivity index (χ1n) is 9.19. The Morgan fingerprint density at radius 3 is 2.92 bits per heavy atom. The summed E-state index contributed by atoms with van der Waals surface area (Å²) in [7, 11) is 0. The van der Waals surface area contributed by atoms with Gasteiger partial charge in [-0.25, -0.2) is 4.39 Å². The van der Waals surface area contributed by atoms with Crippen molar-refractivity contribution in [1.82, 2.24) is 29.5 Å². The second-order valence-electron chi connectivity index (χ2n) is 7.50. The minimum Gasteiger partial charge on any atom is -0.392 e. The van der Waals surface area contributed by atoms with Gasteiger partial charge < -0.3 is 9.67 Å². The van der Waals surface area contributed by atoms with Gasteiger partial charge in [-0.05, 0) is 26.3 Å². The topological polar surface area (TPSA) is 70.3 Å². The van der Waals surface area contributed by atoms with E-state index in [-0.39, 0.29) is 18.0 Å². The van der Waals surface area contributed by atoms with Crippen LogP contribution in [0, 0.1) is 5.82 Å². The third-order valence-electron chi connectivity index (χ3n) is 5.39. The monoisotopic (exact) mass is 360 g/mol. The average molecular weight is 360 g/mol. The van der Waals surface area contributed by atoms with Crippen molar-refractivity contribution in [3.8, 4) is 0 Å². The third kappa shape index (κ3) is 3.24. The quantitative estimate of drug-likeness (QED) is 0.887. The van der Waals surface area contributed by atoms with Crippen LogP contribution in [0.4, 0.5) is 4.39 Å². The fourth-order valence-corrected chi connectivity index (χ4v) is 4.05. The van der Waals surface area contributed by atoms with Crippen molar-refractivity contribution >= 4 is 0 Å². The first-order chi connectivity index (χ1) is 12.5. The summed E-state index contributed by atoms with van der Waals surface area (Å²) in [6.45, 7) is 7.74. The molecule has 0 aromatic carbocycles. The number of halogens is 1. The molecule has 1 fully saturated rings. The lowest BCUT2D eigenvalue weighted by molar-refractivity contribution is 0.155. The summed E-state index contributed by atoms with van der Waals surface area (Å²) in [6.07, 6.45) is 3.26. The van der Waals surface area contributed by atoms with Crippen LogP contribution in [-0.2, 0) is 19.6 Å². The minimum absolute atomic E-state index is 0.107. The van der Waals surface area contributed by atoms with E-state index in [4.69, 9.17) is 0 Å². The molecule has 26 heavy (non-hydrogen) atoms. The second kappa shape index (κ2) is 7.02. The van der Waals surface area contributed by atoms with Gasteiger partial charge in [0.1, 0.15) is 11.6 Å². The molecule has 0 amide bonds. The molecule has 2 atom stereocenters. The summed E-state index contributed by atoms with van der Waals surface area (Å²) in [5.41, 5.74) is 0.651. The molecule has 2 aliphatic rings. The normalized spacial score (nSPS) is 24.3. The van der Waals surface area contributed by atoms with Crippen LogP contribution in [-0.4, -0.2) is 59.9 Å². The molecule has 4 heterocycles.